The standard InChI is InChI=1S/C27H51N/c1-10-26(9,15-17(2)3)23-19(6)22(23)25(7,8)24-20-11-13-27(16-28,18(4)5)14-12-21(20)24/h17-24H,10-16,28H2,1-9H3. The van der Waals surface area contributed by atoms with E-state index >= 15 is 0 Å². The fraction of sp³-hybridized carbons (Fsp3) is 1.00. The maximum atomic E-state index is 6.29. The highest BCUT2D eigenvalue weighted by Gasteiger charge is 2.68. The van der Waals surface area contributed by atoms with E-state index in [-0.39, 0.29) is 0 Å². The second-order valence-corrected chi connectivity index (χ2v) is 13.0. The van der Waals surface area contributed by atoms with Crippen LogP contribution in [0.3, 0.4) is 0 Å². The van der Waals surface area contributed by atoms with Gasteiger partial charge in [-0.15, -0.1) is 0 Å². The first-order valence-corrected chi connectivity index (χ1v) is 12.6. The van der Waals surface area contributed by atoms with E-state index in [4.69, 9.17) is 5.73 Å². The van der Waals surface area contributed by atoms with Gasteiger partial charge >= 0.3 is 0 Å². The highest BCUT2D eigenvalue weighted by Crippen LogP contribution is 2.74. The Bertz CT molecular complexity index is 532. The molecule has 3 aliphatic carbocycles. The molecule has 0 saturated heterocycles. The molecule has 6 atom stereocenters. The molecule has 3 saturated carbocycles. The molecule has 1 heteroatoms. The molecule has 1 nitrogen and oxygen atoms in total. The number of rotatable bonds is 8. The van der Waals surface area contributed by atoms with Crippen molar-refractivity contribution >= 4 is 0 Å². The van der Waals surface area contributed by atoms with Crippen LogP contribution in [0.25, 0.3) is 0 Å². The maximum absolute atomic E-state index is 6.29. The number of hydrogen-bond donors (Lipinski definition) is 1. The summed E-state index contributed by atoms with van der Waals surface area (Å²) in [4.78, 5) is 0. The highest BCUT2D eigenvalue weighted by atomic mass is 14.7. The lowest BCUT2D eigenvalue weighted by atomic mass is 9.68. The molecule has 0 aromatic carbocycles. The molecule has 0 heterocycles. The molecule has 0 radical (unpaired) electrons. The molecule has 3 fully saturated rings. The van der Waals surface area contributed by atoms with Crippen LogP contribution in [0.4, 0.5) is 0 Å². The highest BCUT2D eigenvalue weighted by molar-refractivity contribution is 5.16. The molecule has 2 N–H and O–H groups in total. The van der Waals surface area contributed by atoms with Crippen LogP contribution in [-0.2, 0) is 0 Å². The van der Waals surface area contributed by atoms with Crippen LogP contribution >= 0.6 is 0 Å². The van der Waals surface area contributed by atoms with Crippen molar-refractivity contribution in [3.05, 3.63) is 0 Å². The lowest BCUT2D eigenvalue weighted by Crippen LogP contribution is -2.36. The monoisotopic (exact) mass is 389 g/mol. The Morgan fingerprint density at radius 2 is 1.46 bits per heavy atom. The zero-order valence-corrected chi connectivity index (χ0v) is 20.6. The summed E-state index contributed by atoms with van der Waals surface area (Å²) in [6.45, 7) is 23.5. The third kappa shape index (κ3) is 3.61. The van der Waals surface area contributed by atoms with Crippen LogP contribution in [0, 0.1) is 63.6 Å². The van der Waals surface area contributed by atoms with E-state index in [1.54, 1.807) is 0 Å². The molecule has 3 aliphatic rings. The molecule has 6 unspecified atom stereocenters. The molecule has 0 aromatic rings. The quantitative estimate of drug-likeness (QED) is 0.460. The van der Waals surface area contributed by atoms with E-state index < -0.39 is 0 Å². The van der Waals surface area contributed by atoms with Crippen molar-refractivity contribution in [3.63, 3.8) is 0 Å². The van der Waals surface area contributed by atoms with E-state index in [1.807, 2.05) is 0 Å². The summed E-state index contributed by atoms with van der Waals surface area (Å²) in [6.07, 6.45) is 8.37. The average Bonchev–Trinajstić information content (AvgIpc) is 3.47. The largest absolute Gasteiger partial charge is 0.330 e. The second kappa shape index (κ2) is 7.58. The van der Waals surface area contributed by atoms with E-state index in [9.17, 15) is 0 Å². The van der Waals surface area contributed by atoms with Gasteiger partial charge in [-0.2, -0.15) is 0 Å². The molecule has 0 amide bonds. The van der Waals surface area contributed by atoms with Crippen LogP contribution in [0.2, 0.25) is 0 Å². The van der Waals surface area contributed by atoms with E-state index in [0.29, 0.717) is 16.2 Å². The Morgan fingerprint density at radius 3 is 1.86 bits per heavy atom. The minimum Gasteiger partial charge on any atom is -0.330 e. The SMILES string of the molecule is CCC(C)(CC(C)C)C1C(C)C1C(C)(C)C1C2CCC(CN)(C(C)C)CCC21. The van der Waals surface area contributed by atoms with Gasteiger partial charge in [-0.3, -0.25) is 0 Å². The van der Waals surface area contributed by atoms with E-state index in [2.05, 4.69) is 62.3 Å². The molecule has 0 aromatic heterocycles. The van der Waals surface area contributed by atoms with Gasteiger partial charge in [0.05, 0.1) is 0 Å². The van der Waals surface area contributed by atoms with Gasteiger partial charge < -0.3 is 5.73 Å². The summed E-state index contributed by atoms with van der Waals surface area (Å²) < 4.78 is 0. The topological polar surface area (TPSA) is 26.0 Å². The second-order valence-electron chi connectivity index (χ2n) is 13.0. The normalized spacial score (nSPS) is 42.9. The van der Waals surface area contributed by atoms with Gasteiger partial charge in [-0.1, -0.05) is 68.7 Å². The Balaban J connectivity index is 1.69. The van der Waals surface area contributed by atoms with E-state index in [1.165, 1.54) is 38.5 Å². The minimum absolute atomic E-state index is 0.426. The molecule has 28 heavy (non-hydrogen) atoms. The van der Waals surface area contributed by atoms with Crippen LogP contribution in [0.1, 0.15) is 101 Å². The molecule has 3 rings (SSSR count). The van der Waals surface area contributed by atoms with Gasteiger partial charge in [0.25, 0.3) is 0 Å². The third-order valence-corrected chi connectivity index (χ3v) is 10.5. The van der Waals surface area contributed by atoms with Gasteiger partial charge in [0.2, 0.25) is 0 Å². The predicted molar refractivity (Wildman–Crippen MR) is 123 cm³/mol. The molecule has 0 bridgehead atoms. The van der Waals surface area contributed by atoms with Gasteiger partial charge in [0, 0.05) is 0 Å². The van der Waals surface area contributed by atoms with Crippen molar-refractivity contribution < 1.29 is 0 Å². The Labute approximate surface area is 177 Å². The summed E-state index contributed by atoms with van der Waals surface area (Å²) in [6, 6.07) is 0. The van der Waals surface area contributed by atoms with Crippen LogP contribution < -0.4 is 5.73 Å². The van der Waals surface area contributed by atoms with Crippen LogP contribution in [0.5, 0.6) is 0 Å². The molecule has 0 spiro atoms. The van der Waals surface area contributed by atoms with Crippen molar-refractivity contribution in [3.8, 4) is 0 Å². The van der Waals surface area contributed by atoms with Crippen molar-refractivity contribution in [2.24, 2.45) is 69.3 Å². The number of nitrogens with two attached hydrogens (primary N) is 1. The lowest BCUT2D eigenvalue weighted by molar-refractivity contribution is 0.126. The average molecular weight is 390 g/mol. The lowest BCUT2D eigenvalue weighted by Gasteiger charge is -2.38. The summed E-state index contributed by atoms with van der Waals surface area (Å²) in [5.74, 6) is 7.32. The van der Waals surface area contributed by atoms with Crippen molar-refractivity contribution in [2.45, 2.75) is 101 Å². The Hall–Kier alpha value is -0.0400. The summed E-state index contributed by atoms with van der Waals surface area (Å²) in [5, 5.41) is 0. The predicted octanol–water partition coefficient (Wildman–Crippen LogP) is 7.39. The van der Waals surface area contributed by atoms with Crippen LogP contribution in [0.15, 0.2) is 0 Å². The van der Waals surface area contributed by atoms with Crippen molar-refractivity contribution in [1.29, 1.82) is 0 Å². The van der Waals surface area contributed by atoms with Crippen molar-refractivity contribution in [1.82, 2.24) is 0 Å². The maximum Gasteiger partial charge on any atom is -0.00181 e. The zero-order valence-electron chi connectivity index (χ0n) is 20.6. The number of fused-ring (bicyclic) bond motifs is 1. The fourth-order valence-corrected chi connectivity index (χ4v) is 8.73. The molecular weight excluding hydrogens is 338 g/mol. The molecular formula is C27H51N. The summed E-state index contributed by atoms with van der Waals surface area (Å²) in [7, 11) is 0. The Kier molecular flexibility index (Phi) is 6.13. The third-order valence-electron chi connectivity index (χ3n) is 10.5. The minimum atomic E-state index is 0.426. The molecule has 0 aliphatic heterocycles. The smallest absolute Gasteiger partial charge is 0.00181 e. The first kappa shape index (κ1) is 22.6. The van der Waals surface area contributed by atoms with Crippen LogP contribution in [-0.4, -0.2) is 6.54 Å². The summed E-state index contributed by atoms with van der Waals surface area (Å²) in [5.41, 5.74) is 7.77. The molecule has 164 valence electrons. The first-order chi connectivity index (χ1) is 12.9. The summed E-state index contributed by atoms with van der Waals surface area (Å²) >= 11 is 0. The van der Waals surface area contributed by atoms with Crippen molar-refractivity contribution in [2.75, 3.05) is 6.54 Å². The van der Waals surface area contributed by atoms with Gasteiger partial charge in [0.1, 0.15) is 0 Å². The van der Waals surface area contributed by atoms with Gasteiger partial charge in [-0.05, 0) is 102 Å². The van der Waals surface area contributed by atoms with E-state index in [0.717, 1.165) is 53.9 Å². The van der Waals surface area contributed by atoms with Gasteiger partial charge in [0.15, 0.2) is 0 Å². The zero-order chi connectivity index (χ0) is 21.1. The van der Waals surface area contributed by atoms with Gasteiger partial charge in [-0.25, -0.2) is 0 Å². The fourth-order valence-electron chi connectivity index (χ4n) is 8.73. The Morgan fingerprint density at radius 1 is 0.929 bits per heavy atom. The first-order valence-electron chi connectivity index (χ1n) is 12.6. The number of hydrogen-bond acceptors (Lipinski definition) is 1.